The van der Waals surface area contributed by atoms with Crippen LogP contribution in [0, 0.1) is 5.92 Å². The molecule has 0 radical (unpaired) electrons. The minimum Gasteiger partial charge on any atom is -0.477 e. The second-order valence-electron chi connectivity index (χ2n) is 9.16. The van der Waals surface area contributed by atoms with Crippen molar-refractivity contribution in [1.82, 2.24) is 9.80 Å². The first-order chi connectivity index (χ1) is 14.4. The van der Waals surface area contributed by atoms with Gasteiger partial charge in [0.25, 0.3) is 0 Å². The summed E-state index contributed by atoms with van der Waals surface area (Å²) in [5, 5.41) is 0. The van der Waals surface area contributed by atoms with Crippen LogP contribution in [0.3, 0.4) is 0 Å². The Balaban J connectivity index is 1.53. The summed E-state index contributed by atoms with van der Waals surface area (Å²) >= 11 is 0. The molecule has 2 fully saturated rings. The van der Waals surface area contributed by atoms with E-state index >= 15 is 0 Å². The molecule has 7 nitrogen and oxygen atoms in total. The summed E-state index contributed by atoms with van der Waals surface area (Å²) in [5.74, 6) is 1.33. The van der Waals surface area contributed by atoms with Crippen molar-refractivity contribution in [2.45, 2.75) is 49.4 Å². The van der Waals surface area contributed by atoms with Crippen LogP contribution in [0.4, 0.5) is 9.18 Å². The molecular weight excluding hydrogens is 389 g/mol. The van der Waals surface area contributed by atoms with E-state index < -0.39 is 18.4 Å². The molecule has 1 saturated carbocycles. The fourth-order valence-electron chi connectivity index (χ4n) is 6.21. The Bertz CT molecular complexity index is 909. The van der Waals surface area contributed by atoms with E-state index in [1.807, 2.05) is 6.07 Å². The van der Waals surface area contributed by atoms with Gasteiger partial charge in [0.1, 0.15) is 6.17 Å². The zero-order chi connectivity index (χ0) is 21.2. The topological polar surface area (TPSA) is 85.1 Å². The highest BCUT2D eigenvalue weighted by Crippen LogP contribution is 2.63. The molecule has 0 aromatic heterocycles. The number of ether oxygens (including phenoxy) is 2. The maximum atomic E-state index is 13.6. The van der Waals surface area contributed by atoms with E-state index in [1.54, 1.807) is 6.07 Å². The molecule has 162 valence electrons. The number of alkyl halides is 1. The highest BCUT2D eigenvalue weighted by atomic mass is 19.1. The minimum absolute atomic E-state index is 0.135. The van der Waals surface area contributed by atoms with Crippen molar-refractivity contribution < 1.29 is 23.5 Å². The summed E-state index contributed by atoms with van der Waals surface area (Å²) in [6.45, 7) is 0.614. The van der Waals surface area contributed by atoms with Gasteiger partial charge in [-0.05, 0) is 50.4 Å². The third kappa shape index (κ3) is 2.62. The summed E-state index contributed by atoms with van der Waals surface area (Å²) < 4.78 is 25.5. The average Bonchev–Trinajstić information content (AvgIpc) is 3.08. The first-order valence-corrected chi connectivity index (χ1v) is 10.7. The Labute approximate surface area is 175 Å². The molecule has 5 atom stereocenters. The van der Waals surface area contributed by atoms with Crippen LogP contribution in [0.25, 0.3) is 0 Å². The number of nitrogens with zero attached hydrogens (tertiary/aromatic N) is 2. The third-order valence-corrected chi connectivity index (χ3v) is 7.61. The molecule has 1 saturated heterocycles. The number of hydrogen-bond donors (Lipinski definition) is 1. The zero-order valence-electron chi connectivity index (χ0n) is 17.4. The van der Waals surface area contributed by atoms with E-state index in [9.17, 15) is 14.0 Å². The number of likely N-dealkylation sites (tertiary alicyclic amines) is 1. The summed E-state index contributed by atoms with van der Waals surface area (Å²) in [6.07, 6.45) is 0.677. The van der Waals surface area contributed by atoms with Crippen LogP contribution < -0.4 is 15.2 Å². The average molecular weight is 417 g/mol. The van der Waals surface area contributed by atoms with Crippen molar-refractivity contribution in [3.8, 4) is 11.5 Å². The number of ketones is 1. The van der Waals surface area contributed by atoms with Gasteiger partial charge < -0.3 is 25.0 Å². The number of piperidine rings is 1. The van der Waals surface area contributed by atoms with Crippen LogP contribution in [-0.2, 0) is 16.6 Å². The lowest BCUT2D eigenvalue weighted by Crippen LogP contribution is -2.65. The number of rotatable bonds is 4. The lowest BCUT2D eigenvalue weighted by molar-refractivity contribution is -0.138. The molecule has 4 aliphatic rings. The van der Waals surface area contributed by atoms with Gasteiger partial charge in [-0.25, -0.2) is 9.18 Å². The second-order valence-corrected chi connectivity index (χ2v) is 9.16. The van der Waals surface area contributed by atoms with Gasteiger partial charge >= 0.3 is 6.09 Å². The summed E-state index contributed by atoms with van der Waals surface area (Å²) in [7, 11) is 3.64. The maximum Gasteiger partial charge on any atom is 0.415 e. The van der Waals surface area contributed by atoms with E-state index in [2.05, 4.69) is 11.9 Å². The maximum absolute atomic E-state index is 13.6. The molecule has 5 unspecified atom stereocenters. The van der Waals surface area contributed by atoms with E-state index in [0.29, 0.717) is 29.9 Å². The van der Waals surface area contributed by atoms with Crippen LogP contribution in [0.15, 0.2) is 12.1 Å². The molecule has 1 spiro atoms. The minimum atomic E-state index is -1.31. The first-order valence-electron chi connectivity index (χ1n) is 10.7. The van der Waals surface area contributed by atoms with Crippen molar-refractivity contribution in [2.75, 3.05) is 33.7 Å². The molecule has 5 rings (SSSR count). The number of likely N-dealkylation sites (N-methyl/N-ethyl adjacent to an activating group) is 1. The van der Waals surface area contributed by atoms with Gasteiger partial charge in [0.2, 0.25) is 0 Å². The van der Waals surface area contributed by atoms with Crippen LogP contribution in [0.1, 0.15) is 30.4 Å². The smallest absolute Gasteiger partial charge is 0.415 e. The molecule has 30 heavy (non-hydrogen) atoms. The highest BCUT2D eigenvalue weighted by molar-refractivity contribution is 5.89. The van der Waals surface area contributed by atoms with Crippen LogP contribution >= 0.6 is 0 Å². The van der Waals surface area contributed by atoms with E-state index in [4.69, 9.17) is 15.2 Å². The number of carbonyl (C=O) groups excluding carboxylic acids is 2. The monoisotopic (exact) mass is 417 g/mol. The SMILES string of the molecule is CN(CC(F)CN)C(=O)Oc1ccc2c3c1OC1C(=O)CCC4C(C2)N(C)CCC314. The van der Waals surface area contributed by atoms with Crippen LogP contribution in [0.2, 0.25) is 0 Å². The Hall–Kier alpha value is -2.19. The Kier molecular flexibility index (Phi) is 4.56. The van der Waals surface area contributed by atoms with Gasteiger partial charge in [0.15, 0.2) is 23.4 Å². The first kappa shape index (κ1) is 19.8. The van der Waals surface area contributed by atoms with E-state index in [-0.39, 0.29) is 24.3 Å². The van der Waals surface area contributed by atoms with Gasteiger partial charge in [-0.2, -0.15) is 0 Å². The molecule has 2 heterocycles. The molecule has 1 amide bonds. The number of nitrogens with two attached hydrogens (primary N) is 1. The summed E-state index contributed by atoms with van der Waals surface area (Å²) in [6, 6.07) is 4.13. The van der Waals surface area contributed by atoms with E-state index in [1.165, 1.54) is 17.5 Å². The molecule has 2 aliphatic heterocycles. The predicted octanol–water partition coefficient (Wildman–Crippen LogP) is 1.65. The molecule has 2 aliphatic carbocycles. The number of benzene rings is 1. The highest BCUT2D eigenvalue weighted by Gasteiger charge is 2.65. The number of amides is 1. The van der Waals surface area contributed by atoms with Gasteiger partial charge in [-0.3, -0.25) is 4.79 Å². The fourth-order valence-corrected chi connectivity index (χ4v) is 6.21. The van der Waals surface area contributed by atoms with Gasteiger partial charge in [-0.15, -0.1) is 0 Å². The quantitative estimate of drug-likeness (QED) is 0.802. The molecule has 2 N–H and O–H groups in total. The largest absolute Gasteiger partial charge is 0.477 e. The Morgan fingerprint density at radius 3 is 3.07 bits per heavy atom. The van der Waals surface area contributed by atoms with Crippen molar-refractivity contribution in [1.29, 1.82) is 0 Å². The van der Waals surface area contributed by atoms with Gasteiger partial charge in [0.05, 0.1) is 6.54 Å². The summed E-state index contributed by atoms with van der Waals surface area (Å²) in [5.41, 5.74) is 7.22. The van der Waals surface area contributed by atoms with Gasteiger partial charge in [-0.1, -0.05) is 6.07 Å². The fraction of sp³-hybridized carbons (Fsp3) is 0.636. The normalized spacial score (nSPS) is 32.3. The number of halogens is 1. The Morgan fingerprint density at radius 2 is 2.30 bits per heavy atom. The molecule has 1 aromatic rings. The standard InChI is InChI=1S/C22H28FN3O4/c1-25-8-7-22-14-4-5-16(27)20(22)30-19-17(6-3-12(18(19)22)9-15(14)25)29-21(28)26(2)11-13(23)10-24/h3,6,13-15,20H,4-5,7-11,24H2,1-2H3. The van der Waals surface area contributed by atoms with Gasteiger partial charge in [0, 0.05) is 37.0 Å². The van der Waals surface area contributed by atoms with Crippen molar-refractivity contribution in [3.63, 3.8) is 0 Å². The number of carbonyl (C=O) groups is 2. The van der Waals surface area contributed by atoms with Crippen molar-refractivity contribution in [2.24, 2.45) is 11.7 Å². The zero-order valence-corrected chi connectivity index (χ0v) is 17.4. The predicted molar refractivity (Wildman–Crippen MR) is 108 cm³/mol. The third-order valence-electron chi connectivity index (χ3n) is 7.61. The lowest BCUT2D eigenvalue weighted by atomic mass is 9.52. The lowest BCUT2D eigenvalue weighted by Gasteiger charge is -2.57. The number of Topliss-reactive ketones (excluding diaryl/α,β-unsaturated/α-hetero) is 1. The molecule has 2 bridgehead atoms. The van der Waals surface area contributed by atoms with Crippen molar-refractivity contribution in [3.05, 3.63) is 23.3 Å². The Morgan fingerprint density at radius 1 is 1.50 bits per heavy atom. The second kappa shape index (κ2) is 6.92. The number of hydrogen-bond acceptors (Lipinski definition) is 6. The molecular formula is C22H28FN3O4. The van der Waals surface area contributed by atoms with Crippen LogP contribution in [0.5, 0.6) is 11.5 Å². The van der Waals surface area contributed by atoms with E-state index in [0.717, 1.165) is 31.4 Å². The van der Waals surface area contributed by atoms with Crippen LogP contribution in [-0.4, -0.2) is 73.7 Å². The molecule has 1 aromatic carbocycles. The molecule has 8 heteroatoms. The van der Waals surface area contributed by atoms with Crippen molar-refractivity contribution >= 4 is 11.9 Å². The summed E-state index contributed by atoms with van der Waals surface area (Å²) in [4.78, 5) is 29.0.